The molecule has 0 fully saturated rings. The van der Waals surface area contributed by atoms with Gasteiger partial charge in [-0.25, -0.2) is 4.68 Å². The Balaban J connectivity index is 1.57. The first-order valence-corrected chi connectivity index (χ1v) is 11.7. The summed E-state index contributed by atoms with van der Waals surface area (Å²) in [5, 5.41) is 8.94. The second-order valence-electron chi connectivity index (χ2n) is 9.04. The van der Waals surface area contributed by atoms with Gasteiger partial charge in [0.15, 0.2) is 5.78 Å². The van der Waals surface area contributed by atoms with Gasteiger partial charge >= 0.3 is 0 Å². The van der Waals surface area contributed by atoms with Crippen LogP contribution in [-0.2, 0) is 10.5 Å². The van der Waals surface area contributed by atoms with E-state index in [0.29, 0.717) is 17.5 Å². The maximum absolute atomic E-state index is 13.3. The fraction of sp³-hybridized carbons (Fsp3) is 0.320. The zero-order chi connectivity index (χ0) is 22.3. The first kappa shape index (κ1) is 20.8. The Hall–Kier alpha value is -3.06. The molecule has 1 N–H and O–H groups in total. The molecule has 1 aliphatic heterocycles. The van der Waals surface area contributed by atoms with E-state index in [4.69, 9.17) is 14.8 Å². The highest BCUT2D eigenvalue weighted by Crippen LogP contribution is 2.47. The van der Waals surface area contributed by atoms with E-state index in [2.05, 4.69) is 31.3 Å². The molecule has 1 aliphatic carbocycles. The highest BCUT2D eigenvalue weighted by molar-refractivity contribution is 7.98. The van der Waals surface area contributed by atoms with Crippen molar-refractivity contribution >= 4 is 23.5 Å². The number of para-hydroxylation sites is 1. The van der Waals surface area contributed by atoms with Crippen molar-refractivity contribution in [2.75, 3.05) is 12.4 Å². The van der Waals surface area contributed by atoms with Crippen molar-refractivity contribution in [1.82, 2.24) is 14.8 Å². The number of aromatic nitrogens is 3. The average Bonchev–Trinajstić information content (AvgIpc) is 3.18. The number of rotatable bonds is 5. The summed E-state index contributed by atoms with van der Waals surface area (Å²) in [5.41, 5.74) is 3.76. The lowest BCUT2D eigenvalue weighted by molar-refractivity contribution is -0.118. The van der Waals surface area contributed by atoms with Crippen LogP contribution in [-0.4, -0.2) is 27.7 Å². The molecule has 1 aromatic heterocycles. The maximum atomic E-state index is 13.3. The quantitative estimate of drug-likeness (QED) is 0.541. The number of carbonyl (C=O) groups excluding carboxylic acids is 1. The maximum Gasteiger partial charge on any atom is 0.227 e. The number of anilines is 1. The summed E-state index contributed by atoms with van der Waals surface area (Å²) < 4.78 is 7.51. The van der Waals surface area contributed by atoms with Crippen molar-refractivity contribution in [2.24, 2.45) is 5.41 Å². The summed E-state index contributed by atoms with van der Waals surface area (Å²) in [5.74, 6) is 2.34. The van der Waals surface area contributed by atoms with E-state index in [1.54, 1.807) is 18.9 Å². The van der Waals surface area contributed by atoms with Gasteiger partial charge in [-0.15, -0.1) is 5.10 Å². The number of allylic oxidation sites excluding steroid dienone is 2. The molecule has 3 aromatic rings. The van der Waals surface area contributed by atoms with Gasteiger partial charge in [-0.1, -0.05) is 74.1 Å². The molecule has 0 saturated carbocycles. The van der Waals surface area contributed by atoms with Crippen LogP contribution < -0.4 is 10.1 Å². The fourth-order valence-corrected chi connectivity index (χ4v) is 5.34. The lowest BCUT2D eigenvalue weighted by Gasteiger charge is -2.38. The molecule has 0 amide bonds. The van der Waals surface area contributed by atoms with E-state index in [1.165, 1.54) is 5.56 Å². The lowest BCUT2D eigenvalue weighted by Crippen LogP contribution is -2.36. The van der Waals surface area contributed by atoms with Gasteiger partial charge in [0.2, 0.25) is 11.1 Å². The summed E-state index contributed by atoms with van der Waals surface area (Å²) in [7, 11) is 1.66. The van der Waals surface area contributed by atoms with Crippen molar-refractivity contribution in [2.45, 2.75) is 43.6 Å². The molecule has 7 heteroatoms. The molecule has 0 saturated heterocycles. The molecular formula is C25H26N4O2S. The Labute approximate surface area is 192 Å². The summed E-state index contributed by atoms with van der Waals surface area (Å²) in [6, 6.07) is 17.8. The van der Waals surface area contributed by atoms with Crippen molar-refractivity contribution in [3.8, 4) is 5.75 Å². The minimum atomic E-state index is -0.362. The number of fused-ring (bicyclic) bond motifs is 1. The first-order chi connectivity index (χ1) is 15.4. The van der Waals surface area contributed by atoms with E-state index >= 15 is 0 Å². The van der Waals surface area contributed by atoms with Crippen LogP contribution in [0.3, 0.4) is 0 Å². The molecule has 0 bridgehead atoms. The number of methoxy groups -OCH3 is 1. The summed E-state index contributed by atoms with van der Waals surface area (Å²) in [4.78, 5) is 18.1. The smallest absolute Gasteiger partial charge is 0.227 e. The molecule has 0 unspecified atom stereocenters. The Morgan fingerprint density at radius 3 is 2.66 bits per heavy atom. The SMILES string of the molecule is COc1ccccc1[C@@H]1C2=C(CC(C)(C)CC2=O)Nc2nc(SCc3ccccc3)nn21. The van der Waals surface area contributed by atoms with Crippen LogP contribution in [0.2, 0.25) is 0 Å². The molecular weight excluding hydrogens is 420 g/mol. The molecule has 0 radical (unpaired) electrons. The molecule has 164 valence electrons. The molecule has 2 aromatic carbocycles. The average molecular weight is 447 g/mol. The first-order valence-electron chi connectivity index (χ1n) is 10.7. The number of ether oxygens (including phenoxy) is 1. The number of hydrogen-bond acceptors (Lipinski definition) is 6. The standard InChI is InChI=1S/C25H26N4O2S/c1-25(2)13-18-21(19(30)14-25)22(17-11-7-8-12-20(17)31-3)29-23(26-18)27-24(28-29)32-15-16-9-5-4-6-10-16/h4-12,22H,13-15H2,1-3H3,(H,26,27,28)/t22-/m1/s1. The molecule has 2 heterocycles. The largest absolute Gasteiger partial charge is 0.496 e. The zero-order valence-corrected chi connectivity index (χ0v) is 19.3. The van der Waals surface area contributed by atoms with Gasteiger partial charge in [-0.05, 0) is 23.5 Å². The molecule has 1 atom stereocenters. The normalized spacial score (nSPS) is 19.2. The predicted octanol–water partition coefficient (Wildman–Crippen LogP) is 5.24. The van der Waals surface area contributed by atoms with Crippen LogP contribution in [0.1, 0.15) is 43.9 Å². The molecule has 2 aliphatic rings. The third-order valence-corrected chi connectivity index (χ3v) is 6.87. The summed E-state index contributed by atoms with van der Waals surface area (Å²) >= 11 is 1.59. The van der Waals surface area contributed by atoms with Crippen molar-refractivity contribution < 1.29 is 9.53 Å². The third-order valence-electron chi connectivity index (χ3n) is 5.96. The van der Waals surface area contributed by atoms with Gasteiger partial charge in [0.05, 0.1) is 7.11 Å². The number of thioether (sulfide) groups is 1. The zero-order valence-electron chi connectivity index (χ0n) is 18.5. The topological polar surface area (TPSA) is 69.0 Å². The summed E-state index contributed by atoms with van der Waals surface area (Å²) in [6.45, 7) is 4.27. The molecule has 5 rings (SSSR count). The van der Waals surface area contributed by atoms with Crippen molar-refractivity contribution in [3.63, 3.8) is 0 Å². The highest BCUT2D eigenvalue weighted by Gasteiger charge is 2.42. The third kappa shape index (κ3) is 3.81. The number of nitrogens with one attached hydrogen (secondary N) is 1. The minimum absolute atomic E-state index is 0.0959. The Kier molecular flexibility index (Phi) is 5.29. The monoisotopic (exact) mass is 446 g/mol. The Bertz CT molecular complexity index is 1200. The van der Waals surface area contributed by atoms with Crippen LogP contribution in [0.25, 0.3) is 0 Å². The van der Waals surface area contributed by atoms with Gasteiger partial charge in [0, 0.05) is 29.0 Å². The molecule has 32 heavy (non-hydrogen) atoms. The van der Waals surface area contributed by atoms with Crippen LogP contribution >= 0.6 is 11.8 Å². The Morgan fingerprint density at radius 1 is 1.12 bits per heavy atom. The van der Waals surface area contributed by atoms with Crippen LogP contribution in [0.5, 0.6) is 5.75 Å². The van der Waals surface area contributed by atoms with Crippen molar-refractivity contribution in [3.05, 3.63) is 77.0 Å². The number of nitrogens with zero attached hydrogens (tertiary/aromatic N) is 3. The van der Waals surface area contributed by atoms with Gasteiger partial charge < -0.3 is 10.1 Å². The number of ketones is 1. The number of Topliss-reactive ketones (excluding diaryl/α,β-unsaturated/α-hetero) is 1. The van der Waals surface area contributed by atoms with E-state index in [1.807, 2.05) is 47.1 Å². The van der Waals surface area contributed by atoms with Gasteiger partial charge in [0.25, 0.3) is 0 Å². The van der Waals surface area contributed by atoms with Crippen LogP contribution in [0.15, 0.2) is 71.0 Å². The van der Waals surface area contributed by atoms with Gasteiger partial charge in [0.1, 0.15) is 11.8 Å². The van der Waals surface area contributed by atoms with Gasteiger partial charge in [-0.3, -0.25) is 4.79 Å². The van der Waals surface area contributed by atoms with E-state index < -0.39 is 0 Å². The second kappa shape index (κ2) is 8.13. The second-order valence-corrected chi connectivity index (χ2v) is 9.98. The number of benzene rings is 2. The summed E-state index contributed by atoms with van der Waals surface area (Å²) in [6.07, 6.45) is 1.30. The van der Waals surface area contributed by atoms with Crippen molar-refractivity contribution in [1.29, 1.82) is 0 Å². The van der Waals surface area contributed by atoms with E-state index in [0.717, 1.165) is 34.8 Å². The van der Waals surface area contributed by atoms with Crippen LogP contribution in [0.4, 0.5) is 5.95 Å². The minimum Gasteiger partial charge on any atom is -0.496 e. The van der Waals surface area contributed by atoms with E-state index in [-0.39, 0.29) is 17.2 Å². The number of carbonyl (C=O) groups is 1. The molecule has 0 spiro atoms. The van der Waals surface area contributed by atoms with Crippen LogP contribution in [0, 0.1) is 5.41 Å². The number of hydrogen-bond donors (Lipinski definition) is 1. The van der Waals surface area contributed by atoms with Gasteiger partial charge in [-0.2, -0.15) is 4.98 Å². The predicted molar refractivity (Wildman–Crippen MR) is 126 cm³/mol. The highest BCUT2D eigenvalue weighted by atomic mass is 32.2. The Morgan fingerprint density at radius 2 is 1.88 bits per heavy atom. The lowest BCUT2D eigenvalue weighted by atomic mass is 9.73. The fourth-order valence-electron chi connectivity index (χ4n) is 4.55. The molecule has 6 nitrogen and oxygen atoms in total. The van der Waals surface area contributed by atoms with E-state index in [9.17, 15) is 4.79 Å².